The third-order valence-electron chi connectivity index (χ3n) is 4.29. The predicted octanol–water partition coefficient (Wildman–Crippen LogP) is 4.40. The Balaban J connectivity index is 1.54. The standard InChI is InChI=1S/C19H19FN4O/c20-16-11-15(7-8-17(16)21)25-19-9-10-24(23-19)14-3-1-2-4-18(22-12-14)13-5-6-13/h1,3,7-13H,2,4-6,21H2. The summed E-state index contributed by atoms with van der Waals surface area (Å²) in [4.78, 5) is 4.66. The first-order chi connectivity index (χ1) is 12.2. The molecule has 1 aliphatic heterocycles. The molecule has 0 unspecified atom stereocenters. The first-order valence-corrected chi connectivity index (χ1v) is 8.41. The second-order valence-corrected chi connectivity index (χ2v) is 6.27. The zero-order chi connectivity index (χ0) is 17.2. The van der Waals surface area contributed by atoms with Crippen molar-refractivity contribution < 1.29 is 9.13 Å². The number of aromatic nitrogens is 2. The molecule has 0 bridgehead atoms. The third-order valence-corrected chi connectivity index (χ3v) is 4.29. The number of anilines is 1. The van der Waals surface area contributed by atoms with E-state index in [1.54, 1.807) is 23.0 Å². The normalized spacial score (nSPS) is 17.5. The van der Waals surface area contributed by atoms with Gasteiger partial charge < -0.3 is 10.5 Å². The van der Waals surface area contributed by atoms with Gasteiger partial charge in [-0.05, 0) is 49.8 Å². The Labute approximate surface area is 145 Å². The summed E-state index contributed by atoms with van der Waals surface area (Å²) in [5.41, 5.74) is 7.71. The molecule has 1 saturated carbocycles. The van der Waals surface area contributed by atoms with Crippen LogP contribution in [0.25, 0.3) is 5.70 Å². The molecule has 0 spiro atoms. The van der Waals surface area contributed by atoms with E-state index in [0.717, 1.165) is 18.5 Å². The van der Waals surface area contributed by atoms with Gasteiger partial charge in [0.05, 0.1) is 17.6 Å². The smallest absolute Gasteiger partial charge is 0.238 e. The number of nitrogens with two attached hydrogens (primary N) is 1. The topological polar surface area (TPSA) is 65.4 Å². The molecule has 0 atom stereocenters. The average molecular weight is 338 g/mol. The Hall–Kier alpha value is -2.89. The van der Waals surface area contributed by atoms with Crippen LogP contribution in [0.5, 0.6) is 11.6 Å². The quantitative estimate of drug-likeness (QED) is 0.841. The van der Waals surface area contributed by atoms with E-state index < -0.39 is 5.82 Å². The maximum absolute atomic E-state index is 13.5. The molecule has 1 aromatic carbocycles. The van der Waals surface area contributed by atoms with Crippen molar-refractivity contribution in [2.24, 2.45) is 10.9 Å². The van der Waals surface area contributed by atoms with Crippen LogP contribution in [0, 0.1) is 11.7 Å². The fourth-order valence-electron chi connectivity index (χ4n) is 2.75. The fourth-order valence-corrected chi connectivity index (χ4v) is 2.75. The molecular formula is C19H19FN4O. The summed E-state index contributed by atoms with van der Waals surface area (Å²) >= 11 is 0. The molecule has 4 rings (SSSR count). The fraction of sp³-hybridized carbons (Fsp3) is 0.263. The molecule has 2 aliphatic rings. The van der Waals surface area contributed by atoms with Gasteiger partial charge in [0.2, 0.25) is 5.88 Å². The number of allylic oxidation sites excluding steroid dienone is 3. The molecule has 2 heterocycles. The van der Waals surface area contributed by atoms with E-state index in [0.29, 0.717) is 17.5 Å². The SMILES string of the molecule is Nc1ccc(Oc2ccn(C3=CN=C(C4CC4)CCC=C3)n2)cc1F. The second-order valence-electron chi connectivity index (χ2n) is 6.27. The van der Waals surface area contributed by atoms with E-state index >= 15 is 0 Å². The molecule has 6 heteroatoms. The summed E-state index contributed by atoms with van der Waals surface area (Å²) in [5, 5.41) is 4.39. The molecule has 1 fully saturated rings. The van der Waals surface area contributed by atoms with Crippen LogP contribution in [0.3, 0.4) is 0 Å². The summed E-state index contributed by atoms with van der Waals surface area (Å²) < 4.78 is 20.8. The summed E-state index contributed by atoms with van der Waals surface area (Å²) in [6.07, 6.45) is 12.3. The number of nitrogens with zero attached hydrogens (tertiary/aromatic N) is 3. The van der Waals surface area contributed by atoms with Gasteiger partial charge in [-0.3, -0.25) is 4.99 Å². The van der Waals surface area contributed by atoms with Gasteiger partial charge in [0.25, 0.3) is 0 Å². The van der Waals surface area contributed by atoms with Crippen LogP contribution < -0.4 is 10.5 Å². The van der Waals surface area contributed by atoms with Crippen LogP contribution in [0.2, 0.25) is 0 Å². The number of hydrogen-bond donors (Lipinski definition) is 1. The van der Waals surface area contributed by atoms with E-state index in [4.69, 9.17) is 10.5 Å². The number of halogens is 1. The lowest BCUT2D eigenvalue weighted by Crippen LogP contribution is -2.03. The number of hydrogen-bond acceptors (Lipinski definition) is 4. The molecule has 5 nitrogen and oxygen atoms in total. The van der Waals surface area contributed by atoms with Crippen molar-refractivity contribution in [3.63, 3.8) is 0 Å². The lowest BCUT2D eigenvalue weighted by molar-refractivity contribution is 0.454. The van der Waals surface area contributed by atoms with Crippen molar-refractivity contribution in [3.8, 4) is 11.6 Å². The molecule has 0 saturated heterocycles. The van der Waals surface area contributed by atoms with Crippen molar-refractivity contribution in [1.82, 2.24) is 9.78 Å². The first kappa shape index (κ1) is 15.6. The predicted molar refractivity (Wildman–Crippen MR) is 95.9 cm³/mol. The second kappa shape index (κ2) is 6.55. The van der Waals surface area contributed by atoms with Gasteiger partial charge in [0.1, 0.15) is 11.6 Å². The lowest BCUT2D eigenvalue weighted by Gasteiger charge is -2.07. The van der Waals surface area contributed by atoms with Crippen LogP contribution >= 0.6 is 0 Å². The Morgan fingerprint density at radius 2 is 2.12 bits per heavy atom. The molecule has 2 aromatic rings. The van der Waals surface area contributed by atoms with Crippen molar-refractivity contribution in [2.45, 2.75) is 25.7 Å². The van der Waals surface area contributed by atoms with E-state index in [9.17, 15) is 4.39 Å². The summed E-state index contributed by atoms with van der Waals surface area (Å²) in [5.74, 6) is 0.894. The van der Waals surface area contributed by atoms with Gasteiger partial charge in [0, 0.05) is 24.0 Å². The lowest BCUT2D eigenvalue weighted by atomic mass is 10.1. The number of nitrogen functional groups attached to an aromatic ring is 1. The Kier molecular flexibility index (Phi) is 4.09. The molecule has 0 amide bonds. The van der Waals surface area contributed by atoms with Crippen molar-refractivity contribution in [3.05, 3.63) is 54.6 Å². The first-order valence-electron chi connectivity index (χ1n) is 8.41. The van der Waals surface area contributed by atoms with Crippen molar-refractivity contribution in [2.75, 3.05) is 5.73 Å². The highest BCUT2D eigenvalue weighted by Crippen LogP contribution is 2.33. The minimum atomic E-state index is -0.510. The monoisotopic (exact) mass is 338 g/mol. The highest BCUT2D eigenvalue weighted by Gasteiger charge is 2.26. The highest BCUT2D eigenvalue weighted by atomic mass is 19.1. The average Bonchev–Trinajstić information content (AvgIpc) is 3.31. The maximum Gasteiger partial charge on any atom is 0.238 e. The summed E-state index contributed by atoms with van der Waals surface area (Å²) in [6.45, 7) is 0. The van der Waals surface area contributed by atoms with Crippen LogP contribution in [0.15, 0.2) is 53.8 Å². The molecular weight excluding hydrogens is 319 g/mol. The van der Waals surface area contributed by atoms with E-state index in [2.05, 4.69) is 16.2 Å². The van der Waals surface area contributed by atoms with E-state index in [1.807, 2.05) is 12.3 Å². The van der Waals surface area contributed by atoms with E-state index in [1.165, 1.54) is 30.7 Å². The molecule has 25 heavy (non-hydrogen) atoms. The molecule has 2 N–H and O–H groups in total. The van der Waals surface area contributed by atoms with Gasteiger partial charge in [0.15, 0.2) is 0 Å². The Morgan fingerprint density at radius 3 is 2.92 bits per heavy atom. The molecule has 128 valence electrons. The van der Waals surface area contributed by atoms with E-state index in [-0.39, 0.29) is 5.69 Å². The summed E-state index contributed by atoms with van der Waals surface area (Å²) in [6, 6.07) is 6.05. The van der Waals surface area contributed by atoms with Crippen LogP contribution in [-0.4, -0.2) is 15.5 Å². The van der Waals surface area contributed by atoms with Crippen molar-refractivity contribution >= 4 is 17.1 Å². The Bertz CT molecular complexity index is 877. The van der Waals surface area contributed by atoms with Crippen LogP contribution in [0.4, 0.5) is 10.1 Å². The molecule has 0 radical (unpaired) electrons. The number of aliphatic imine (C=N–C) groups is 1. The van der Waals surface area contributed by atoms with Gasteiger partial charge in [-0.2, -0.15) is 0 Å². The zero-order valence-electron chi connectivity index (χ0n) is 13.7. The number of rotatable bonds is 4. The zero-order valence-corrected chi connectivity index (χ0v) is 13.7. The number of ether oxygens (including phenoxy) is 1. The number of benzene rings is 1. The minimum absolute atomic E-state index is 0.0898. The van der Waals surface area contributed by atoms with Crippen molar-refractivity contribution in [1.29, 1.82) is 0 Å². The van der Waals surface area contributed by atoms with Gasteiger partial charge in [-0.1, -0.05) is 6.08 Å². The van der Waals surface area contributed by atoms with Crippen LogP contribution in [-0.2, 0) is 0 Å². The Morgan fingerprint density at radius 1 is 1.24 bits per heavy atom. The minimum Gasteiger partial charge on any atom is -0.437 e. The maximum atomic E-state index is 13.5. The molecule has 1 aromatic heterocycles. The van der Waals surface area contributed by atoms with Gasteiger partial charge >= 0.3 is 0 Å². The van der Waals surface area contributed by atoms with Gasteiger partial charge in [-0.15, -0.1) is 5.10 Å². The van der Waals surface area contributed by atoms with Crippen LogP contribution in [0.1, 0.15) is 25.7 Å². The molecule has 1 aliphatic carbocycles. The third kappa shape index (κ3) is 3.63. The largest absolute Gasteiger partial charge is 0.437 e. The van der Waals surface area contributed by atoms with Gasteiger partial charge in [-0.25, -0.2) is 9.07 Å². The highest BCUT2D eigenvalue weighted by molar-refractivity contribution is 5.90. The summed E-state index contributed by atoms with van der Waals surface area (Å²) in [7, 11) is 0.